The molecular formula is C20H23NO3. The Morgan fingerprint density at radius 1 is 1.12 bits per heavy atom. The molecule has 1 aliphatic heterocycles. The molecule has 2 aromatic rings. The van der Waals surface area contributed by atoms with E-state index < -0.39 is 0 Å². The molecule has 3 rings (SSSR count). The van der Waals surface area contributed by atoms with E-state index in [1.165, 1.54) is 6.07 Å². The number of benzene rings is 2. The van der Waals surface area contributed by atoms with Crippen LogP contribution >= 0.6 is 0 Å². The maximum Gasteiger partial charge on any atom is 0.258 e. The van der Waals surface area contributed by atoms with Crippen molar-refractivity contribution >= 4 is 5.91 Å². The predicted octanol–water partition coefficient (Wildman–Crippen LogP) is 3.24. The van der Waals surface area contributed by atoms with Crippen molar-refractivity contribution in [3.05, 3.63) is 64.2 Å². The molecule has 2 N–H and O–H groups in total. The molecule has 0 fully saturated rings. The van der Waals surface area contributed by atoms with Crippen molar-refractivity contribution in [2.75, 3.05) is 0 Å². The van der Waals surface area contributed by atoms with Crippen molar-refractivity contribution in [2.45, 2.75) is 40.0 Å². The SMILES string of the molecule is CC(C)Cc1cc(C(=O)N2Cc3ccccc3C2)c(O)cc1CO. The number of nitrogens with zero attached hydrogens (tertiary/aromatic N) is 1. The van der Waals surface area contributed by atoms with Gasteiger partial charge in [-0.3, -0.25) is 4.79 Å². The molecule has 2 aromatic carbocycles. The maximum absolute atomic E-state index is 12.9. The van der Waals surface area contributed by atoms with Gasteiger partial charge in [0, 0.05) is 13.1 Å². The van der Waals surface area contributed by atoms with Crippen LogP contribution in [-0.2, 0) is 26.1 Å². The molecule has 0 aromatic heterocycles. The van der Waals surface area contributed by atoms with Gasteiger partial charge >= 0.3 is 0 Å². The van der Waals surface area contributed by atoms with Gasteiger partial charge in [0.05, 0.1) is 12.2 Å². The lowest BCUT2D eigenvalue weighted by molar-refractivity contribution is 0.0748. The summed E-state index contributed by atoms with van der Waals surface area (Å²) < 4.78 is 0. The second kappa shape index (κ2) is 6.65. The number of phenols is 1. The van der Waals surface area contributed by atoms with Crippen molar-refractivity contribution in [2.24, 2.45) is 5.92 Å². The summed E-state index contributed by atoms with van der Waals surface area (Å²) in [6.45, 7) is 5.17. The van der Waals surface area contributed by atoms with Crippen LogP contribution in [0.15, 0.2) is 36.4 Å². The van der Waals surface area contributed by atoms with E-state index >= 15 is 0 Å². The molecule has 4 nitrogen and oxygen atoms in total. The summed E-state index contributed by atoms with van der Waals surface area (Å²) in [4.78, 5) is 14.6. The molecule has 1 aliphatic rings. The number of phenolic OH excluding ortho intramolecular Hbond substituents is 1. The molecule has 0 atom stereocenters. The maximum atomic E-state index is 12.9. The number of aromatic hydroxyl groups is 1. The number of carbonyl (C=O) groups is 1. The largest absolute Gasteiger partial charge is 0.507 e. The van der Waals surface area contributed by atoms with Crippen LogP contribution in [0.1, 0.15) is 46.5 Å². The lowest BCUT2D eigenvalue weighted by Gasteiger charge is -2.19. The van der Waals surface area contributed by atoms with E-state index in [1.54, 1.807) is 11.0 Å². The predicted molar refractivity (Wildman–Crippen MR) is 92.6 cm³/mol. The number of hydrogen-bond donors (Lipinski definition) is 2. The van der Waals surface area contributed by atoms with Gasteiger partial charge in [-0.05, 0) is 46.7 Å². The average Bonchev–Trinajstić information content (AvgIpc) is 2.99. The molecule has 1 amide bonds. The van der Waals surface area contributed by atoms with E-state index in [4.69, 9.17) is 0 Å². The highest BCUT2D eigenvalue weighted by Gasteiger charge is 2.26. The van der Waals surface area contributed by atoms with Crippen LogP contribution in [-0.4, -0.2) is 21.0 Å². The van der Waals surface area contributed by atoms with Crippen LogP contribution in [0.4, 0.5) is 0 Å². The van der Waals surface area contributed by atoms with Crippen molar-refractivity contribution in [1.82, 2.24) is 4.90 Å². The van der Waals surface area contributed by atoms with E-state index in [9.17, 15) is 15.0 Å². The lowest BCUT2D eigenvalue weighted by Crippen LogP contribution is -2.25. The van der Waals surface area contributed by atoms with Crippen LogP contribution in [0, 0.1) is 5.92 Å². The van der Waals surface area contributed by atoms with Gasteiger partial charge in [0.1, 0.15) is 5.75 Å². The topological polar surface area (TPSA) is 60.8 Å². The van der Waals surface area contributed by atoms with E-state index in [2.05, 4.69) is 13.8 Å². The Hall–Kier alpha value is -2.33. The highest BCUT2D eigenvalue weighted by Crippen LogP contribution is 2.29. The summed E-state index contributed by atoms with van der Waals surface area (Å²) in [5.41, 5.74) is 4.22. The van der Waals surface area contributed by atoms with Gasteiger partial charge in [-0.1, -0.05) is 38.1 Å². The van der Waals surface area contributed by atoms with Crippen LogP contribution in [0.2, 0.25) is 0 Å². The van der Waals surface area contributed by atoms with Gasteiger partial charge in [0.15, 0.2) is 0 Å². The van der Waals surface area contributed by atoms with Crippen LogP contribution in [0.5, 0.6) is 5.75 Å². The molecule has 0 bridgehead atoms. The fourth-order valence-corrected chi connectivity index (χ4v) is 3.27. The minimum absolute atomic E-state index is 0.0625. The number of hydrogen-bond acceptors (Lipinski definition) is 3. The summed E-state index contributed by atoms with van der Waals surface area (Å²) in [6, 6.07) is 11.3. The second-order valence-corrected chi connectivity index (χ2v) is 6.82. The zero-order chi connectivity index (χ0) is 17.3. The van der Waals surface area contributed by atoms with E-state index in [1.807, 2.05) is 24.3 Å². The first kappa shape index (κ1) is 16.5. The first-order valence-electron chi connectivity index (χ1n) is 8.31. The summed E-state index contributed by atoms with van der Waals surface area (Å²) in [5.74, 6) is 0.171. The number of aliphatic hydroxyl groups is 1. The molecule has 1 heterocycles. The summed E-state index contributed by atoms with van der Waals surface area (Å²) >= 11 is 0. The Bertz CT molecular complexity index is 742. The smallest absolute Gasteiger partial charge is 0.258 e. The van der Waals surface area contributed by atoms with Gasteiger partial charge in [-0.25, -0.2) is 0 Å². The fraction of sp³-hybridized carbons (Fsp3) is 0.350. The highest BCUT2D eigenvalue weighted by molar-refractivity contribution is 5.97. The Kier molecular flexibility index (Phi) is 4.58. The van der Waals surface area contributed by atoms with Crippen molar-refractivity contribution < 1.29 is 15.0 Å². The molecular weight excluding hydrogens is 302 g/mol. The zero-order valence-electron chi connectivity index (χ0n) is 14.1. The van der Waals surface area contributed by atoms with Crippen molar-refractivity contribution in [1.29, 1.82) is 0 Å². The highest BCUT2D eigenvalue weighted by atomic mass is 16.3. The average molecular weight is 325 g/mol. The third-order valence-corrected chi connectivity index (χ3v) is 4.47. The van der Waals surface area contributed by atoms with Gasteiger partial charge in [-0.2, -0.15) is 0 Å². The first-order chi connectivity index (χ1) is 11.5. The van der Waals surface area contributed by atoms with Gasteiger partial charge in [0.2, 0.25) is 0 Å². The van der Waals surface area contributed by atoms with Gasteiger partial charge in [0.25, 0.3) is 5.91 Å². The summed E-state index contributed by atoms with van der Waals surface area (Å²) in [5, 5.41) is 19.8. The van der Waals surface area contributed by atoms with Crippen molar-refractivity contribution in [3.63, 3.8) is 0 Å². The molecule has 0 saturated carbocycles. The van der Waals surface area contributed by atoms with Gasteiger partial charge < -0.3 is 15.1 Å². The van der Waals surface area contributed by atoms with E-state index in [-0.39, 0.29) is 18.3 Å². The van der Waals surface area contributed by atoms with Crippen LogP contribution in [0.3, 0.4) is 0 Å². The Morgan fingerprint density at radius 3 is 2.29 bits per heavy atom. The third kappa shape index (κ3) is 3.15. The number of amides is 1. The monoisotopic (exact) mass is 325 g/mol. The van der Waals surface area contributed by atoms with E-state index in [0.29, 0.717) is 30.1 Å². The first-order valence-corrected chi connectivity index (χ1v) is 8.31. The van der Waals surface area contributed by atoms with E-state index in [0.717, 1.165) is 23.1 Å². The quantitative estimate of drug-likeness (QED) is 0.907. The zero-order valence-corrected chi connectivity index (χ0v) is 14.1. The third-order valence-electron chi connectivity index (χ3n) is 4.47. The standard InChI is InChI=1S/C20H23NO3/c1-13(2)7-16-8-18(19(23)9-17(16)12-22)20(24)21-10-14-5-3-4-6-15(14)11-21/h3-6,8-9,13,22-23H,7,10-12H2,1-2H3. The molecule has 4 heteroatoms. The van der Waals surface area contributed by atoms with Crippen LogP contribution < -0.4 is 0 Å². The Morgan fingerprint density at radius 2 is 1.75 bits per heavy atom. The Balaban J connectivity index is 1.90. The molecule has 0 aliphatic carbocycles. The molecule has 126 valence electrons. The molecule has 0 spiro atoms. The molecule has 0 saturated heterocycles. The number of rotatable bonds is 4. The minimum Gasteiger partial charge on any atom is -0.507 e. The second-order valence-electron chi connectivity index (χ2n) is 6.82. The van der Waals surface area contributed by atoms with Gasteiger partial charge in [-0.15, -0.1) is 0 Å². The Labute approximate surface area is 142 Å². The fourth-order valence-electron chi connectivity index (χ4n) is 3.27. The summed E-state index contributed by atoms with van der Waals surface area (Å²) in [7, 11) is 0. The number of carbonyl (C=O) groups excluding carboxylic acids is 1. The molecule has 0 radical (unpaired) electrons. The number of fused-ring (bicyclic) bond motifs is 1. The minimum atomic E-state index is -0.168. The summed E-state index contributed by atoms with van der Waals surface area (Å²) in [6.07, 6.45) is 0.761. The normalized spacial score (nSPS) is 13.4. The van der Waals surface area contributed by atoms with Crippen LogP contribution in [0.25, 0.3) is 0 Å². The molecule has 24 heavy (non-hydrogen) atoms. The molecule has 0 unspecified atom stereocenters. The number of aliphatic hydroxyl groups excluding tert-OH is 1. The lowest BCUT2D eigenvalue weighted by atomic mass is 9.95. The van der Waals surface area contributed by atoms with Crippen molar-refractivity contribution in [3.8, 4) is 5.75 Å².